The highest BCUT2D eigenvalue weighted by molar-refractivity contribution is 6.35. The fraction of sp³-hybridized carbons (Fsp3) is 0.261. The Morgan fingerprint density at radius 1 is 1.31 bits per heavy atom. The van der Waals surface area contributed by atoms with Gasteiger partial charge in [-0.2, -0.15) is 4.98 Å². The smallest absolute Gasteiger partial charge is 0.229 e. The third kappa shape index (κ3) is 3.98. The lowest BCUT2D eigenvalue weighted by Crippen LogP contribution is -2.30. The number of rotatable bonds is 2. The highest BCUT2D eigenvalue weighted by atomic mass is 35.5. The number of ether oxygens (including phenoxy) is 1. The van der Waals surface area contributed by atoms with Crippen molar-refractivity contribution >= 4 is 40.3 Å². The lowest BCUT2D eigenvalue weighted by atomic mass is 10.0. The SMILES string of the molecule is CC(C)(O)C#Cc1cccc2c1COCCN2c1nc(=N)n(C=N)c2c(Cl)ccc(F)c12. The Morgan fingerprint density at radius 2 is 2.09 bits per heavy atom. The Kier molecular flexibility index (Phi) is 5.73. The summed E-state index contributed by atoms with van der Waals surface area (Å²) in [6.07, 6.45) is 0.886. The average Bonchev–Trinajstić information content (AvgIpc) is 2.96. The van der Waals surface area contributed by atoms with E-state index in [9.17, 15) is 5.11 Å². The van der Waals surface area contributed by atoms with Crippen LogP contribution in [0.3, 0.4) is 0 Å². The molecule has 0 spiro atoms. The van der Waals surface area contributed by atoms with Crippen LogP contribution >= 0.6 is 11.6 Å². The molecule has 1 aliphatic heterocycles. The summed E-state index contributed by atoms with van der Waals surface area (Å²) in [5.74, 6) is 5.47. The topological polar surface area (TPSA) is 98.2 Å². The molecule has 2 aromatic carbocycles. The van der Waals surface area contributed by atoms with Crippen LogP contribution in [-0.4, -0.2) is 39.7 Å². The standard InChI is InChI=1S/C23H21ClFN5O2/c1-23(2,31)9-8-14-4-3-5-18-15(14)12-32-11-10-29(18)21-19-17(25)7-6-16(24)20(19)30(13-26)22(27)28-21/h3-7,13,26-27,31H,10-12H2,1-2H3. The molecule has 0 fully saturated rings. The second-order valence-electron chi connectivity index (χ2n) is 7.83. The summed E-state index contributed by atoms with van der Waals surface area (Å²) in [5, 5.41) is 26.3. The minimum Gasteiger partial charge on any atom is -0.378 e. The van der Waals surface area contributed by atoms with Crippen LogP contribution in [0.5, 0.6) is 0 Å². The lowest BCUT2D eigenvalue weighted by molar-refractivity contribution is 0.133. The number of aromatic nitrogens is 2. The number of hydrogen-bond acceptors (Lipinski definition) is 6. The first kappa shape index (κ1) is 22.0. The van der Waals surface area contributed by atoms with Crippen LogP contribution in [0.4, 0.5) is 15.9 Å². The van der Waals surface area contributed by atoms with Gasteiger partial charge in [0.2, 0.25) is 5.62 Å². The third-order valence-electron chi connectivity index (χ3n) is 5.02. The van der Waals surface area contributed by atoms with E-state index in [1.807, 2.05) is 18.2 Å². The summed E-state index contributed by atoms with van der Waals surface area (Å²) in [7, 11) is 0. The molecule has 0 amide bonds. The monoisotopic (exact) mass is 453 g/mol. The van der Waals surface area contributed by atoms with Crippen molar-refractivity contribution in [3.8, 4) is 11.8 Å². The summed E-state index contributed by atoms with van der Waals surface area (Å²) in [4.78, 5) is 6.11. The van der Waals surface area contributed by atoms with Crippen molar-refractivity contribution in [2.24, 2.45) is 0 Å². The zero-order valence-electron chi connectivity index (χ0n) is 17.5. The van der Waals surface area contributed by atoms with Crippen molar-refractivity contribution in [2.45, 2.75) is 26.1 Å². The molecule has 7 nitrogen and oxygen atoms in total. The Morgan fingerprint density at radius 3 is 2.81 bits per heavy atom. The van der Waals surface area contributed by atoms with E-state index in [0.717, 1.165) is 16.5 Å². The summed E-state index contributed by atoms with van der Waals surface area (Å²) in [6.45, 7) is 4.18. The van der Waals surface area contributed by atoms with E-state index < -0.39 is 11.4 Å². The first-order valence-electron chi connectivity index (χ1n) is 9.89. The summed E-state index contributed by atoms with van der Waals surface area (Å²) in [5.41, 5.74) is 0.947. The van der Waals surface area contributed by atoms with E-state index in [-0.39, 0.29) is 34.0 Å². The lowest BCUT2D eigenvalue weighted by Gasteiger charge is -2.26. The van der Waals surface area contributed by atoms with Crippen LogP contribution in [0.1, 0.15) is 25.0 Å². The Bertz CT molecular complexity index is 1350. The quantitative estimate of drug-likeness (QED) is 0.314. The van der Waals surface area contributed by atoms with Gasteiger partial charge in [-0.3, -0.25) is 15.4 Å². The number of fused-ring (bicyclic) bond motifs is 2. The maximum absolute atomic E-state index is 15.1. The molecule has 9 heteroatoms. The molecule has 0 unspecified atom stereocenters. The van der Waals surface area contributed by atoms with Gasteiger partial charge in [-0.25, -0.2) is 4.39 Å². The molecule has 164 valence electrons. The highest BCUT2D eigenvalue weighted by Crippen LogP contribution is 2.37. The molecule has 0 aliphatic carbocycles. The predicted molar refractivity (Wildman–Crippen MR) is 121 cm³/mol. The second kappa shape index (κ2) is 8.36. The van der Waals surface area contributed by atoms with Gasteiger partial charge in [0.05, 0.1) is 35.5 Å². The van der Waals surface area contributed by atoms with Gasteiger partial charge in [0.25, 0.3) is 0 Å². The van der Waals surface area contributed by atoms with E-state index in [0.29, 0.717) is 24.4 Å². The number of benzene rings is 2. The minimum atomic E-state index is -1.16. The van der Waals surface area contributed by atoms with Crippen LogP contribution in [0.25, 0.3) is 10.9 Å². The van der Waals surface area contributed by atoms with Crippen LogP contribution < -0.4 is 10.5 Å². The normalized spacial score (nSPS) is 13.8. The van der Waals surface area contributed by atoms with Gasteiger partial charge in [-0.15, -0.1) is 0 Å². The van der Waals surface area contributed by atoms with E-state index >= 15 is 4.39 Å². The second-order valence-corrected chi connectivity index (χ2v) is 8.23. The maximum atomic E-state index is 15.1. The number of anilines is 2. The van der Waals surface area contributed by atoms with Crippen LogP contribution in [-0.2, 0) is 11.3 Å². The average molecular weight is 454 g/mol. The molecule has 1 aromatic heterocycles. The van der Waals surface area contributed by atoms with Crippen LogP contribution in [0, 0.1) is 28.5 Å². The summed E-state index contributed by atoms with van der Waals surface area (Å²) >= 11 is 6.35. The number of nitrogens with zero attached hydrogens (tertiary/aromatic N) is 3. The molecule has 3 aromatic rings. The van der Waals surface area contributed by atoms with E-state index in [4.69, 9.17) is 27.2 Å². The van der Waals surface area contributed by atoms with Crippen LogP contribution in [0.2, 0.25) is 5.02 Å². The van der Waals surface area contributed by atoms with Crippen LogP contribution in [0.15, 0.2) is 30.3 Å². The Balaban J connectivity index is 2.01. The molecule has 0 bridgehead atoms. The molecule has 0 atom stereocenters. The zero-order chi connectivity index (χ0) is 23.0. The molecule has 1 aliphatic rings. The van der Waals surface area contributed by atoms with Gasteiger partial charge in [0.15, 0.2) is 0 Å². The van der Waals surface area contributed by atoms with Crippen molar-refractivity contribution < 1.29 is 14.2 Å². The first-order chi connectivity index (χ1) is 15.2. The largest absolute Gasteiger partial charge is 0.378 e. The highest BCUT2D eigenvalue weighted by Gasteiger charge is 2.25. The predicted octanol–water partition coefficient (Wildman–Crippen LogP) is 3.55. The summed E-state index contributed by atoms with van der Waals surface area (Å²) in [6, 6.07) is 8.15. The van der Waals surface area contributed by atoms with Crippen molar-refractivity contribution in [1.82, 2.24) is 9.55 Å². The molecule has 0 radical (unpaired) electrons. The fourth-order valence-electron chi connectivity index (χ4n) is 3.61. The molecule has 0 saturated heterocycles. The van der Waals surface area contributed by atoms with Gasteiger partial charge in [-0.05, 0) is 38.1 Å². The maximum Gasteiger partial charge on any atom is 0.229 e. The molecule has 4 rings (SSSR count). The number of hydrogen-bond donors (Lipinski definition) is 3. The molecular weight excluding hydrogens is 433 g/mol. The van der Waals surface area contributed by atoms with E-state index in [1.165, 1.54) is 12.1 Å². The Labute approximate surface area is 189 Å². The number of halogens is 2. The van der Waals surface area contributed by atoms with Gasteiger partial charge >= 0.3 is 0 Å². The Hall–Kier alpha value is -3.25. The molecule has 2 heterocycles. The zero-order valence-corrected chi connectivity index (χ0v) is 18.3. The molecule has 3 N–H and O–H groups in total. The number of aliphatic hydroxyl groups is 1. The minimum absolute atomic E-state index is 0.109. The molecular formula is C23H21ClFN5O2. The van der Waals surface area contributed by atoms with Gasteiger partial charge < -0.3 is 14.7 Å². The molecule has 0 saturated carbocycles. The fourth-order valence-corrected chi connectivity index (χ4v) is 3.86. The molecule has 32 heavy (non-hydrogen) atoms. The first-order valence-corrected chi connectivity index (χ1v) is 10.3. The number of nitrogens with one attached hydrogen (secondary N) is 2. The van der Waals surface area contributed by atoms with Gasteiger partial charge in [0, 0.05) is 23.4 Å². The van der Waals surface area contributed by atoms with Crippen molar-refractivity contribution in [3.05, 3.63) is 57.9 Å². The van der Waals surface area contributed by atoms with Gasteiger partial charge in [-0.1, -0.05) is 29.5 Å². The van der Waals surface area contributed by atoms with Crippen molar-refractivity contribution in [3.63, 3.8) is 0 Å². The van der Waals surface area contributed by atoms with Crippen molar-refractivity contribution in [2.75, 3.05) is 18.1 Å². The van der Waals surface area contributed by atoms with Gasteiger partial charge in [0.1, 0.15) is 17.2 Å². The third-order valence-corrected chi connectivity index (χ3v) is 5.32. The van der Waals surface area contributed by atoms with E-state index in [2.05, 4.69) is 16.8 Å². The van der Waals surface area contributed by atoms with Crippen molar-refractivity contribution in [1.29, 1.82) is 10.8 Å². The summed E-state index contributed by atoms with van der Waals surface area (Å²) < 4.78 is 22.0. The van der Waals surface area contributed by atoms with E-state index in [1.54, 1.807) is 18.7 Å².